The summed E-state index contributed by atoms with van der Waals surface area (Å²) in [4.78, 5) is 14.1. The van der Waals surface area contributed by atoms with Gasteiger partial charge in [0.1, 0.15) is 0 Å². The van der Waals surface area contributed by atoms with Crippen molar-refractivity contribution in [2.45, 2.75) is 33.2 Å². The predicted octanol–water partition coefficient (Wildman–Crippen LogP) is 0.871. The lowest BCUT2D eigenvalue weighted by molar-refractivity contribution is -0.135. The Bertz CT molecular complexity index is 239. The van der Waals surface area contributed by atoms with Gasteiger partial charge in [0.2, 0.25) is 5.91 Å². The lowest BCUT2D eigenvalue weighted by Crippen LogP contribution is -2.51. The highest BCUT2D eigenvalue weighted by Crippen LogP contribution is 2.19. The molecule has 0 bridgehead atoms. The summed E-state index contributed by atoms with van der Waals surface area (Å²) >= 11 is 0. The first-order valence-electron chi connectivity index (χ1n) is 6.36. The van der Waals surface area contributed by atoms with Crippen molar-refractivity contribution in [1.29, 1.82) is 0 Å². The van der Waals surface area contributed by atoms with E-state index in [9.17, 15) is 4.79 Å². The molecule has 0 aromatic heterocycles. The van der Waals surface area contributed by atoms with Crippen molar-refractivity contribution in [3.63, 3.8) is 0 Å². The fourth-order valence-electron chi connectivity index (χ4n) is 1.50. The third-order valence-corrected chi connectivity index (χ3v) is 2.85. The number of ether oxygens (including phenoxy) is 2. The molecule has 0 aliphatic carbocycles. The second-order valence-corrected chi connectivity index (χ2v) is 5.51. The van der Waals surface area contributed by atoms with Crippen LogP contribution in [0.4, 0.5) is 0 Å². The number of hydrogen-bond donors (Lipinski definition) is 1. The van der Waals surface area contributed by atoms with Gasteiger partial charge in [0.05, 0.1) is 12.6 Å². The molecule has 0 fully saturated rings. The molecular weight excluding hydrogens is 232 g/mol. The minimum absolute atomic E-state index is 0.0179. The van der Waals surface area contributed by atoms with Gasteiger partial charge in [0, 0.05) is 33.9 Å². The summed E-state index contributed by atoms with van der Waals surface area (Å²) < 4.78 is 10.0. The van der Waals surface area contributed by atoms with E-state index in [0.29, 0.717) is 26.3 Å². The van der Waals surface area contributed by atoms with Crippen LogP contribution in [0.5, 0.6) is 0 Å². The van der Waals surface area contributed by atoms with Gasteiger partial charge in [-0.3, -0.25) is 4.79 Å². The minimum atomic E-state index is -0.489. The number of hydrogen-bond acceptors (Lipinski definition) is 4. The van der Waals surface area contributed by atoms with E-state index in [1.54, 1.807) is 19.1 Å². The third-order valence-electron chi connectivity index (χ3n) is 2.85. The van der Waals surface area contributed by atoms with E-state index in [1.165, 1.54) is 0 Å². The van der Waals surface area contributed by atoms with Gasteiger partial charge in [-0.15, -0.1) is 0 Å². The summed E-state index contributed by atoms with van der Waals surface area (Å²) in [5.74, 6) is -0.0179. The quantitative estimate of drug-likeness (QED) is 0.658. The maximum atomic E-state index is 12.3. The molecule has 1 amide bonds. The highest BCUT2D eigenvalue weighted by molar-refractivity contribution is 5.82. The standard InChI is InChI=1S/C13H28N2O3/c1-13(2,3)11(14)12(16)15(8-10-18-5)7-6-9-17-4/h11H,6-10,14H2,1-5H3/t11-/m1/s1. The number of nitrogens with zero attached hydrogens (tertiary/aromatic N) is 1. The SMILES string of the molecule is COCCCN(CCOC)C(=O)[C@@H](N)C(C)(C)C. The molecule has 5 nitrogen and oxygen atoms in total. The zero-order valence-corrected chi connectivity index (χ0v) is 12.4. The third kappa shape index (κ3) is 6.33. The number of carbonyl (C=O) groups is 1. The number of nitrogens with two attached hydrogens (primary N) is 1. The number of methoxy groups -OCH3 is 2. The molecule has 0 aromatic carbocycles. The van der Waals surface area contributed by atoms with Crippen molar-refractivity contribution in [2.24, 2.45) is 11.1 Å². The molecule has 2 N–H and O–H groups in total. The normalized spacial score (nSPS) is 13.4. The van der Waals surface area contributed by atoms with Crippen molar-refractivity contribution in [3.8, 4) is 0 Å². The summed E-state index contributed by atoms with van der Waals surface area (Å²) in [5, 5.41) is 0. The van der Waals surface area contributed by atoms with Crippen LogP contribution in [0.2, 0.25) is 0 Å². The molecule has 0 radical (unpaired) electrons. The summed E-state index contributed by atoms with van der Waals surface area (Å²) in [6.07, 6.45) is 0.808. The highest BCUT2D eigenvalue weighted by Gasteiger charge is 2.30. The average molecular weight is 260 g/mol. The molecule has 0 saturated carbocycles. The Morgan fingerprint density at radius 2 is 1.72 bits per heavy atom. The van der Waals surface area contributed by atoms with Crippen LogP contribution >= 0.6 is 0 Å². The Morgan fingerprint density at radius 3 is 2.17 bits per heavy atom. The minimum Gasteiger partial charge on any atom is -0.385 e. The molecule has 5 heteroatoms. The van der Waals surface area contributed by atoms with Crippen LogP contribution in [0.1, 0.15) is 27.2 Å². The Labute approximate surface area is 111 Å². The number of amides is 1. The first kappa shape index (κ1) is 17.4. The van der Waals surface area contributed by atoms with Crippen molar-refractivity contribution in [2.75, 3.05) is 40.5 Å². The molecular formula is C13H28N2O3. The van der Waals surface area contributed by atoms with E-state index in [4.69, 9.17) is 15.2 Å². The Kier molecular flexibility index (Phi) is 8.15. The second-order valence-electron chi connectivity index (χ2n) is 5.51. The van der Waals surface area contributed by atoms with Crippen LogP contribution < -0.4 is 5.73 Å². The summed E-state index contributed by atoms with van der Waals surface area (Å²) in [6.45, 7) is 8.30. The van der Waals surface area contributed by atoms with Gasteiger partial charge in [-0.25, -0.2) is 0 Å². The van der Waals surface area contributed by atoms with Crippen molar-refractivity contribution >= 4 is 5.91 Å². The van der Waals surface area contributed by atoms with Crippen molar-refractivity contribution in [3.05, 3.63) is 0 Å². The zero-order chi connectivity index (χ0) is 14.2. The Morgan fingerprint density at radius 1 is 1.17 bits per heavy atom. The van der Waals surface area contributed by atoms with Gasteiger partial charge >= 0.3 is 0 Å². The lowest BCUT2D eigenvalue weighted by atomic mass is 9.86. The molecule has 0 aliphatic rings. The first-order valence-corrected chi connectivity index (χ1v) is 6.36. The van der Waals surface area contributed by atoms with Crippen LogP contribution in [-0.4, -0.2) is 57.4 Å². The van der Waals surface area contributed by atoms with E-state index >= 15 is 0 Å². The van der Waals surface area contributed by atoms with Gasteiger partial charge in [0.25, 0.3) is 0 Å². The van der Waals surface area contributed by atoms with E-state index < -0.39 is 6.04 Å². The zero-order valence-electron chi connectivity index (χ0n) is 12.4. The van der Waals surface area contributed by atoms with Crippen molar-refractivity contribution in [1.82, 2.24) is 4.90 Å². The first-order chi connectivity index (χ1) is 8.34. The summed E-state index contributed by atoms with van der Waals surface area (Å²) in [5.41, 5.74) is 5.78. The molecule has 0 spiro atoms. The molecule has 0 saturated heterocycles. The van der Waals surface area contributed by atoms with Gasteiger partial charge in [-0.1, -0.05) is 20.8 Å². The molecule has 18 heavy (non-hydrogen) atoms. The van der Waals surface area contributed by atoms with Crippen LogP contribution in [0.15, 0.2) is 0 Å². The van der Waals surface area contributed by atoms with Gasteiger partial charge in [0.15, 0.2) is 0 Å². The van der Waals surface area contributed by atoms with Gasteiger partial charge in [-0.2, -0.15) is 0 Å². The number of carbonyl (C=O) groups excluding carboxylic acids is 1. The van der Waals surface area contributed by atoms with Gasteiger partial charge in [-0.05, 0) is 11.8 Å². The van der Waals surface area contributed by atoms with E-state index in [1.807, 2.05) is 20.8 Å². The van der Waals surface area contributed by atoms with Crippen LogP contribution in [-0.2, 0) is 14.3 Å². The Balaban J connectivity index is 4.47. The van der Waals surface area contributed by atoms with E-state index in [-0.39, 0.29) is 11.3 Å². The fourth-order valence-corrected chi connectivity index (χ4v) is 1.50. The van der Waals surface area contributed by atoms with E-state index in [0.717, 1.165) is 6.42 Å². The van der Waals surface area contributed by atoms with Gasteiger partial charge < -0.3 is 20.1 Å². The molecule has 0 aromatic rings. The molecule has 1 atom stereocenters. The predicted molar refractivity (Wildman–Crippen MR) is 72.4 cm³/mol. The summed E-state index contributed by atoms with van der Waals surface area (Å²) in [7, 11) is 3.28. The smallest absolute Gasteiger partial charge is 0.240 e. The second kappa shape index (κ2) is 8.45. The van der Waals surface area contributed by atoms with Crippen LogP contribution in [0.3, 0.4) is 0 Å². The highest BCUT2D eigenvalue weighted by atomic mass is 16.5. The fraction of sp³-hybridized carbons (Fsp3) is 0.923. The molecule has 0 heterocycles. The van der Waals surface area contributed by atoms with Crippen LogP contribution in [0, 0.1) is 5.41 Å². The maximum absolute atomic E-state index is 12.3. The largest absolute Gasteiger partial charge is 0.385 e. The number of rotatable bonds is 8. The molecule has 0 rings (SSSR count). The lowest BCUT2D eigenvalue weighted by Gasteiger charge is -2.32. The Hall–Kier alpha value is -0.650. The average Bonchev–Trinajstić information content (AvgIpc) is 2.30. The molecule has 0 aliphatic heterocycles. The summed E-state index contributed by atoms with van der Waals surface area (Å²) in [6, 6.07) is -0.489. The molecule has 0 unspecified atom stereocenters. The molecule has 108 valence electrons. The van der Waals surface area contributed by atoms with Crippen molar-refractivity contribution < 1.29 is 14.3 Å². The maximum Gasteiger partial charge on any atom is 0.240 e. The van der Waals surface area contributed by atoms with E-state index in [2.05, 4.69) is 0 Å². The van der Waals surface area contributed by atoms with Crippen LogP contribution in [0.25, 0.3) is 0 Å². The topological polar surface area (TPSA) is 64.8 Å². The monoisotopic (exact) mass is 260 g/mol.